The Morgan fingerprint density at radius 3 is 2.38 bits per heavy atom. The largest absolute Gasteiger partial charge is 1.00 e. The summed E-state index contributed by atoms with van der Waals surface area (Å²) in [6, 6.07) is 17.3. The van der Waals surface area contributed by atoms with Gasteiger partial charge in [-0.25, -0.2) is 4.79 Å². The number of quaternary nitrogens is 1. The molecule has 0 fully saturated rings. The summed E-state index contributed by atoms with van der Waals surface area (Å²) in [5.41, 5.74) is 8.16. The van der Waals surface area contributed by atoms with E-state index < -0.39 is 0 Å². The first-order valence-corrected chi connectivity index (χ1v) is 8.03. The fourth-order valence-electron chi connectivity index (χ4n) is 2.38. The highest BCUT2D eigenvalue weighted by Gasteiger charge is 2.08. The number of hydrogen-bond acceptors (Lipinski definition) is 3. The van der Waals surface area contributed by atoms with Gasteiger partial charge in [0, 0.05) is 12.1 Å². The fourth-order valence-corrected chi connectivity index (χ4v) is 2.38. The molecule has 0 amide bonds. The molecule has 0 saturated heterocycles. The number of nitrogen functional groups attached to an aromatic ring is 1. The number of carbonyl (C=O) groups excluding carboxylic acids is 1. The van der Waals surface area contributed by atoms with Crippen LogP contribution in [0.4, 0.5) is 5.69 Å². The van der Waals surface area contributed by atoms with Crippen LogP contribution in [0.5, 0.6) is 0 Å². The molecule has 2 rings (SSSR count). The Morgan fingerprint density at radius 2 is 1.71 bits per heavy atom. The minimum absolute atomic E-state index is 0. The summed E-state index contributed by atoms with van der Waals surface area (Å²) in [5, 5.41) is 0. The Balaban J connectivity index is 0.00000288. The first-order valence-electron chi connectivity index (χ1n) is 8.03. The number of ether oxygens (including phenoxy) is 1. The number of hydrogen-bond donors (Lipinski definition) is 2. The molecule has 130 valence electrons. The van der Waals surface area contributed by atoms with Crippen molar-refractivity contribution in [3.05, 3.63) is 65.7 Å². The van der Waals surface area contributed by atoms with Crippen molar-refractivity contribution < 1.29 is 26.8 Å². The second-order valence-corrected chi connectivity index (χ2v) is 5.80. The van der Waals surface area contributed by atoms with E-state index in [0.29, 0.717) is 17.9 Å². The molecule has 0 saturated carbocycles. The van der Waals surface area contributed by atoms with Crippen molar-refractivity contribution in [2.24, 2.45) is 0 Å². The van der Waals surface area contributed by atoms with Gasteiger partial charge >= 0.3 is 5.97 Å². The first kappa shape index (κ1) is 20.0. The molecular weight excluding hydrogens is 324 g/mol. The van der Waals surface area contributed by atoms with Crippen LogP contribution in [0.2, 0.25) is 0 Å². The molecule has 0 heterocycles. The second-order valence-electron chi connectivity index (χ2n) is 5.80. The van der Waals surface area contributed by atoms with Gasteiger partial charge in [0.15, 0.2) is 0 Å². The van der Waals surface area contributed by atoms with Gasteiger partial charge in [0.2, 0.25) is 0 Å². The van der Waals surface area contributed by atoms with Gasteiger partial charge < -0.3 is 27.8 Å². The molecule has 0 spiro atoms. The lowest BCUT2D eigenvalue weighted by Crippen LogP contribution is -3.09. The molecule has 24 heavy (non-hydrogen) atoms. The van der Waals surface area contributed by atoms with Crippen molar-refractivity contribution in [2.45, 2.75) is 12.8 Å². The van der Waals surface area contributed by atoms with Gasteiger partial charge in [-0.2, -0.15) is 0 Å². The van der Waals surface area contributed by atoms with Crippen LogP contribution < -0.4 is 23.0 Å². The van der Waals surface area contributed by atoms with Gasteiger partial charge in [0.25, 0.3) is 0 Å². The number of rotatable bonds is 8. The van der Waals surface area contributed by atoms with E-state index in [0.717, 1.165) is 25.9 Å². The fraction of sp³-hybridized carbons (Fsp3) is 0.316. The van der Waals surface area contributed by atoms with Gasteiger partial charge in [0.05, 0.1) is 19.2 Å². The number of halogens is 1. The van der Waals surface area contributed by atoms with Crippen LogP contribution in [-0.2, 0) is 11.2 Å². The number of carbonyl (C=O) groups is 1. The number of nitrogens with one attached hydrogen (secondary N) is 1. The molecule has 2 aromatic rings. The Kier molecular flexibility index (Phi) is 8.90. The Hall–Kier alpha value is -2.04. The van der Waals surface area contributed by atoms with Crippen molar-refractivity contribution in [3.63, 3.8) is 0 Å². The number of benzene rings is 2. The van der Waals surface area contributed by atoms with Crippen LogP contribution in [0.15, 0.2) is 54.6 Å². The minimum atomic E-state index is -0.290. The van der Waals surface area contributed by atoms with E-state index in [1.165, 1.54) is 10.5 Å². The highest BCUT2D eigenvalue weighted by molar-refractivity contribution is 5.89. The number of anilines is 1. The maximum absolute atomic E-state index is 11.9. The van der Waals surface area contributed by atoms with Gasteiger partial charge in [0.1, 0.15) is 13.2 Å². The molecular formula is C19H25ClN2O2. The SMILES string of the molecule is C[NH+](CCCc1ccccc1)CCOC(=O)c1ccc(N)cc1.[Cl-]. The van der Waals surface area contributed by atoms with Crippen LogP contribution in [-0.4, -0.2) is 32.7 Å². The molecule has 0 aliphatic heterocycles. The maximum atomic E-state index is 11.9. The average Bonchev–Trinajstić information content (AvgIpc) is 2.56. The molecule has 0 aliphatic rings. The molecule has 1 unspecified atom stereocenters. The summed E-state index contributed by atoms with van der Waals surface area (Å²) in [4.78, 5) is 13.2. The van der Waals surface area contributed by atoms with E-state index in [4.69, 9.17) is 10.5 Å². The number of nitrogens with two attached hydrogens (primary N) is 1. The second kappa shape index (κ2) is 10.7. The maximum Gasteiger partial charge on any atom is 0.338 e. The van der Waals surface area contributed by atoms with Crippen molar-refractivity contribution in [2.75, 3.05) is 32.5 Å². The predicted octanol–water partition coefficient (Wildman–Crippen LogP) is -1.42. The topological polar surface area (TPSA) is 56.8 Å². The van der Waals surface area contributed by atoms with E-state index in [-0.39, 0.29) is 18.4 Å². The first-order chi connectivity index (χ1) is 11.1. The highest BCUT2D eigenvalue weighted by atomic mass is 35.5. The van der Waals surface area contributed by atoms with Gasteiger partial charge in [-0.05, 0) is 36.2 Å². The zero-order valence-corrected chi connectivity index (χ0v) is 14.8. The molecule has 0 aromatic heterocycles. The van der Waals surface area contributed by atoms with Crippen molar-refractivity contribution in [1.29, 1.82) is 0 Å². The Bertz CT molecular complexity index is 603. The van der Waals surface area contributed by atoms with Gasteiger partial charge in [-0.3, -0.25) is 0 Å². The van der Waals surface area contributed by atoms with E-state index in [1.807, 2.05) is 6.07 Å². The van der Waals surface area contributed by atoms with E-state index in [1.54, 1.807) is 24.3 Å². The minimum Gasteiger partial charge on any atom is -1.00 e. The lowest BCUT2D eigenvalue weighted by molar-refractivity contribution is -0.880. The molecule has 2 aromatic carbocycles. The highest BCUT2D eigenvalue weighted by Crippen LogP contribution is 2.06. The van der Waals surface area contributed by atoms with Crippen LogP contribution >= 0.6 is 0 Å². The summed E-state index contributed by atoms with van der Waals surface area (Å²) >= 11 is 0. The lowest BCUT2D eigenvalue weighted by Gasteiger charge is -2.14. The van der Waals surface area contributed by atoms with E-state index in [2.05, 4.69) is 31.3 Å². The summed E-state index contributed by atoms with van der Waals surface area (Å²) in [5.74, 6) is -0.290. The third kappa shape index (κ3) is 7.02. The molecule has 0 bridgehead atoms. The summed E-state index contributed by atoms with van der Waals surface area (Å²) in [7, 11) is 2.13. The Morgan fingerprint density at radius 1 is 1.04 bits per heavy atom. The summed E-state index contributed by atoms with van der Waals surface area (Å²) in [6.45, 7) is 2.31. The van der Waals surface area contributed by atoms with Crippen molar-refractivity contribution in [3.8, 4) is 0 Å². The quantitative estimate of drug-likeness (QED) is 0.455. The van der Waals surface area contributed by atoms with Crippen LogP contribution in [0.1, 0.15) is 22.3 Å². The zero-order valence-electron chi connectivity index (χ0n) is 14.0. The summed E-state index contributed by atoms with van der Waals surface area (Å²) < 4.78 is 5.30. The normalized spacial score (nSPS) is 11.4. The molecule has 0 radical (unpaired) electrons. The number of likely N-dealkylation sites (N-methyl/N-ethyl adjacent to an activating group) is 1. The van der Waals surface area contributed by atoms with Crippen LogP contribution in [0, 0.1) is 0 Å². The van der Waals surface area contributed by atoms with E-state index in [9.17, 15) is 4.79 Å². The molecule has 5 heteroatoms. The molecule has 4 nitrogen and oxygen atoms in total. The van der Waals surface area contributed by atoms with Crippen LogP contribution in [0.25, 0.3) is 0 Å². The monoisotopic (exact) mass is 348 g/mol. The third-order valence-electron chi connectivity index (χ3n) is 3.82. The Labute approximate surface area is 150 Å². The molecule has 3 N–H and O–H groups in total. The van der Waals surface area contributed by atoms with Gasteiger partial charge in [-0.1, -0.05) is 30.3 Å². The van der Waals surface area contributed by atoms with Crippen LogP contribution in [0.3, 0.4) is 0 Å². The lowest BCUT2D eigenvalue weighted by atomic mass is 10.1. The molecule has 0 aliphatic carbocycles. The molecule has 1 atom stereocenters. The van der Waals surface area contributed by atoms with Crippen molar-refractivity contribution in [1.82, 2.24) is 0 Å². The average molecular weight is 349 g/mol. The standard InChI is InChI=1S/C19H24N2O2.ClH/c1-21(13-5-8-16-6-3-2-4-7-16)14-15-23-19(22)17-9-11-18(20)12-10-17;/h2-4,6-7,9-12H,5,8,13-15,20H2,1H3;1H. The number of esters is 1. The van der Waals surface area contributed by atoms with Crippen molar-refractivity contribution >= 4 is 11.7 Å². The zero-order chi connectivity index (χ0) is 16.5. The third-order valence-corrected chi connectivity index (χ3v) is 3.82. The smallest absolute Gasteiger partial charge is 0.338 e. The van der Waals surface area contributed by atoms with E-state index >= 15 is 0 Å². The van der Waals surface area contributed by atoms with Gasteiger partial charge in [-0.15, -0.1) is 0 Å². The summed E-state index contributed by atoms with van der Waals surface area (Å²) in [6.07, 6.45) is 2.21. The number of aryl methyl sites for hydroxylation is 1. The predicted molar refractivity (Wildman–Crippen MR) is 92.5 cm³/mol.